The molecule has 0 spiro atoms. The molecule has 1 saturated heterocycles. The molecule has 1 unspecified atom stereocenters. The number of carbonyl (C=O) groups is 3. The van der Waals surface area contributed by atoms with Crippen molar-refractivity contribution in [2.24, 2.45) is 0 Å². The van der Waals surface area contributed by atoms with Gasteiger partial charge in [0.1, 0.15) is 0 Å². The Bertz CT molecular complexity index is 549. The fourth-order valence-electron chi connectivity index (χ4n) is 3.52. The second-order valence-electron chi connectivity index (χ2n) is 8.74. The summed E-state index contributed by atoms with van der Waals surface area (Å²) in [5, 5.41) is 0.616. The zero-order valence-corrected chi connectivity index (χ0v) is 21.5. The number of hydrogen-bond acceptors (Lipinski definition) is 7. The first-order valence-corrected chi connectivity index (χ1v) is 13.3. The number of hydrogen-bond donors (Lipinski definition) is 0. The molecule has 0 N–H and O–H groups in total. The molecule has 1 heterocycles. The molecule has 2 amide bonds. The highest BCUT2D eigenvalue weighted by molar-refractivity contribution is 7.44. The summed E-state index contributed by atoms with van der Waals surface area (Å²) in [5.41, 5.74) is 0. The number of rotatable bonds is 18. The maximum Gasteiger partial charge on any atom is 0.333 e. The summed E-state index contributed by atoms with van der Waals surface area (Å²) in [6.45, 7) is 12.3. The third kappa shape index (κ3) is 11.2. The topological polar surface area (TPSA) is 85.4 Å². The molecule has 8 nitrogen and oxygen atoms in total. The predicted molar refractivity (Wildman–Crippen MR) is 125 cm³/mol. The molecule has 186 valence electrons. The number of unbranched alkanes of at least 4 members (excludes halogenated alkanes) is 6. The lowest BCUT2D eigenvalue weighted by Crippen LogP contribution is -2.33. The lowest BCUT2D eigenvalue weighted by atomic mass is 10.1. The largest absolute Gasteiger partial charge is 0.333 e. The molecule has 1 aliphatic heterocycles. The maximum absolute atomic E-state index is 11.8. The highest BCUT2D eigenvalue weighted by Gasteiger charge is 2.32. The van der Waals surface area contributed by atoms with Crippen molar-refractivity contribution in [1.82, 2.24) is 9.73 Å². The fraction of sp³-hybridized carbons (Fsp3) is 0.870. The Morgan fingerprint density at radius 1 is 0.875 bits per heavy atom. The first-order chi connectivity index (χ1) is 15.3. The van der Waals surface area contributed by atoms with Crippen molar-refractivity contribution in [3.8, 4) is 0 Å². The summed E-state index contributed by atoms with van der Waals surface area (Å²) in [4.78, 5) is 39.5. The van der Waals surface area contributed by atoms with E-state index in [9.17, 15) is 14.4 Å². The van der Waals surface area contributed by atoms with Crippen molar-refractivity contribution in [3.05, 3.63) is 0 Å². The highest BCUT2D eigenvalue weighted by Crippen LogP contribution is 2.46. The first kappa shape index (κ1) is 29.0. The van der Waals surface area contributed by atoms with Crippen LogP contribution in [0.1, 0.15) is 105 Å². The van der Waals surface area contributed by atoms with Gasteiger partial charge in [-0.05, 0) is 47.0 Å². The molecule has 9 heteroatoms. The van der Waals surface area contributed by atoms with Gasteiger partial charge in [0, 0.05) is 31.3 Å². The molecule has 0 aromatic carbocycles. The van der Waals surface area contributed by atoms with Gasteiger partial charge in [-0.25, -0.2) is 9.46 Å². The van der Waals surface area contributed by atoms with Crippen LogP contribution in [0.4, 0.5) is 0 Å². The number of amides is 2. The minimum atomic E-state index is -1.01. The van der Waals surface area contributed by atoms with E-state index in [1.807, 2.05) is 0 Å². The van der Waals surface area contributed by atoms with Crippen molar-refractivity contribution in [2.45, 2.75) is 117 Å². The summed E-state index contributed by atoms with van der Waals surface area (Å²) in [6.07, 6.45) is 8.53. The lowest BCUT2D eigenvalue weighted by Gasteiger charge is -2.35. The van der Waals surface area contributed by atoms with E-state index >= 15 is 0 Å². The van der Waals surface area contributed by atoms with Gasteiger partial charge in [0.05, 0.1) is 13.2 Å². The summed E-state index contributed by atoms with van der Waals surface area (Å²) >= 11 is 0. The smallest absolute Gasteiger partial charge is 0.330 e. The lowest BCUT2D eigenvalue weighted by molar-refractivity contribution is -0.197. The molecule has 1 atom stereocenters. The van der Waals surface area contributed by atoms with E-state index in [1.165, 1.54) is 0 Å². The Kier molecular flexibility index (Phi) is 14.9. The van der Waals surface area contributed by atoms with Crippen LogP contribution in [0.15, 0.2) is 0 Å². The molecule has 1 rings (SSSR count). The second-order valence-corrected chi connectivity index (χ2v) is 10.2. The molecule has 32 heavy (non-hydrogen) atoms. The Labute approximate surface area is 195 Å². The summed E-state index contributed by atoms with van der Waals surface area (Å²) in [7, 11) is -1.01. The molecule has 0 aromatic heterocycles. The molecule has 0 aromatic rings. The Hall–Kier alpha value is -1.08. The third-order valence-electron chi connectivity index (χ3n) is 5.08. The van der Waals surface area contributed by atoms with Crippen LogP contribution < -0.4 is 0 Å². The summed E-state index contributed by atoms with van der Waals surface area (Å²) in [5.74, 6) is -1.37. The minimum Gasteiger partial charge on any atom is -0.330 e. The SMILES string of the molecule is CCCOP(OCCCCCCCCCC(=O)ON1C(=O)CCC1=O)N(C(C)C)C(C)C. The van der Waals surface area contributed by atoms with E-state index < -0.39 is 26.3 Å². The molecular formula is C23H43N2O6P. The number of carbonyl (C=O) groups excluding carboxylic acids is 3. The van der Waals surface area contributed by atoms with Gasteiger partial charge in [-0.1, -0.05) is 39.0 Å². The molecule has 0 saturated carbocycles. The molecule has 0 bridgehead atoms. The van der Waals surface area contributed by atoms with Crippen molar-refractivity contribution >= 4 is 26.3 Å². The fourth-order valence-corrected chi connectivity index (χ4v) is 5.24. The van der Waals surface area contributed by atoms with Gasteiger partial charge in [-0.2, -0.15) is 0 Å². The van der Waals surface area contributed by atoms with Crippen LogP contribution in [0.25, 0.3) is 0 Å². The van der Waals surface area contributed by atoms with E-state index in [-0.39, 0.29) is 19.3 Å². The van der Waals surface area contributed by atoms with Crippen molar-refractivity contribution < 1.29 is 28.3 Å². The Balaban J connectivity index is 2.09. The molecule has 1 fully saturated rings. The molecule has 0 aliphatic carbocycles. The second kappa shape index (κ2) is 16.5. The van der Waals surface area contributed by atoms with Crippen LogP contribution in [0.3, 0.4) is 0 Å². The van der Waals surface area contributed by atoms with Gasteiger partial charge in [0.25, 0.3) is 20.3 Å². The number of nitrogens with zero attached hydrogens (tertiary/aromatic N) is 2. The number of hydroxylamine groups is 2. The third-order valence-corrected chi connectivity index (χ3v) is 7.19. The van der Waals surface area contributed by atoms with Gasteiger partial charge in [0.15, 0.2) is 0 Å². The standard InChI is InChI=1S/C23H43N2O6P/c1-6-17-29-32(25(19(2)3)20(4)5)30-18-13-11-9-7-8-10-12-14-23(28)31-24-21(26)15-16-22(24)27/h19-20H,6-18H2,1-5H3. The van der Waals surface area contributed by atoms with Crippen molar-refractivity contribution in [1.29, 1.82) is 0 Å². The van der Waals surface area contributed by atoms with E-state index in [1.54, 1.807) is 0 Å². The zero-order valence-electron chi connectivity index (χ0n) is 20.6. The minimum absolute atomic E-state index is 0.123. The van der Waals surface area contributed by atoms with Crippen molar-refractivity contribution in [2.75, 3.05) is 13.2 Å². The van der Waals surface area contributed by atoms with Gasteiger partial charge in [-0.15, -0.1) is 5.06 Å². The van der Waals surface area contributed by atoms with Crippen LogP contribution in [0, 0.1) is 0 Å². The average Bonchev–Trinajstić information content (AvgIpc) is 3.04. The summed E-state index contributed by atoms with van der Waals surface area (Å²) in [6, 6.07) is 0.762. The van der Waals surface area contributed by atoms with E-state index in [2.05, 4.69) is 39.3 Å². The van der Waals surface area contributed by atoms with Gasteiger partial charge < -0.3 is 13.9 Å². The van der Waals surface area contributed by atoms with Gasteiger partial charge in [-0.3, -0.25) is 9.59 Å². The quantitative estimate of drug-likeness (QED) is 0.147. The highest BCUT2D eigenvalue weighted by atomic mass is 31.2. The van der Waals surface area contributed by atoms with Gasteiger partial charge in [0.2, 0.25) is 0 Å². The van der Waals surface area contributed by atoms with Gasteiger partial charge >= 0.3 is 5.97 Å². The normalized spacial score (nSPS) is 15.4. The Morgan fingerprint density at radius 2 is 1.38 bits per heavy atom. The first-order valence-electron chi connectivity index (χ1n) is 12.2. The van der Waals surface area contributed by atoms with E-state index in [0.29, 0.717) is 30.2 Å². The van der Waals surface area contributed by atoms with Crippen LogP contribution in [0.2, 0.25) is 0 Å². The van der Waals surface area contributed by atoms with Crippen LogP contribution >= 0.6 is 8.53 Å². The maximum atomic E-state index is 11.8. The van der Waals surface area contributed by atoms with E-state index in [4.69, 9.17) is 13.9 Å². The van der Waals surface area contributed by atoms with Crippen molar-refractivity contribution in [3.63, 3.8) is 0 Å². The predicted octanol–water partition coefficient (Wildman–Crippen LogP) is 5.50. The molecular weight excluding hydrogens is 431 g/mol. The average molecular weight is 475 g/mol. The van der Waals surface area contributed by atoms with E-state index in [0.717, 1.165) is 51.6 Å². The monoisotopic (exact) mass is 474 g/mol. The molecule has 1 aliphatic rings. The Morgan fingerprint density at radius 3 is 1.91 bits per heavy atom. The van der Waals surface area contributed by atoms with Crippen LogP contribution in [0.5, 0.6) is 0 Å². The van der Waals surface area contributed by atoms with Crippen LogP contribution in [-0.2, 0) is 28.3 Å². The number of imide groups is 1. The molecule has 0 radical (unpaired) electrons. The zero-order chi connectivity index (χ0) is 23.9. The van der Waals surface area contributed by atoms with Crippen LogP contribution in [-0.4, -0.2) is 52.8 Å². The summed E-state index contributed by atoms with van der Waals surface area (Å²) < 4.78 is 14.5.